The van der Waals surface area contributed by atoms with Crippen molar-refractivity contribution in [3.8, 4) is 0 Å². The summed E-state index contributed by atoms with van der Waals surface area (Å²) in [5.74, 6) is 0. The first-order chi connectivity index (χ1) is 3.84. The quantitative estimate of drug-likeness (QED) is 0.573. The Hall–Kier alpha value is -0.830. The topological polar surface area (TPSA) is 52.0 Å². The van der Waals surface area contributed by atoms with Gasteiger partial charge in [-0.1, -0.05) is 5.16 Å². The monoisotopic (exact) mass is 112 g/mol. The van der Waals surface area contributed by atoms with Crippen molar-refractivity contribution in [3.63, 3.8) is 0 Å². The smallest absolute Gasteiger partial charge is 0.127 e. The molecule has 3 heteroatoms. The summed E-state index contributed by atoms with van der Waals surface area (Å²) in [6, 6.07) is 0. The van der Waals surface area contributed by atoms with Gasteiger partial charge in [0.1, 0.15) is 6.26 Å². The lowest BCUT2D eigenvalue weighted by molar-refractivity contribution is 0.411. The highest BCUT2D eigenvalue weighted by atomic mass is 16.5. The van der Waals surface area contributed by atoms with E-state index in [1.54, 1.807) is 6.26 Å². The Labute approximate surface area is 47.5 Å². The summed E-state index contributed by atoms with van der Waals surface area (Å²) in [6.07, 6.45) is 1.59. The summed E-state index contributed by atoms with van der Waals surface area (Å²) >= 11 is 0. The normalized spacial score (nSPS) is 9.75. The van der Waals surface area contributed by atoms with Crippen molar-refractivity contribution in [2.24, 2.45) is 5.73 Å². The maximum Gasteiger partial charge on any atom is 0.127 e. The molecule has 0 saturated carbocycles. The van der Waals surface area contributed by atoms with Crippen molar-refractivity contribution in [2.75, 3.05) is 0 Å². The zero-order chi connectivity index (χ0) is 5.98. The maximum absolute atomic E-state index is 5.27. The van der Waals surface area contributed by atoms with Gasteiger partial charge in [-0.15, -0.1) is 0 Å². The van der Waals surface area contributed by atoms with Crippen molar-refractivity contribution in [1.82, 2.24) is 5.16 Å². The standard InChI is InChI=1S/C5H8N2O/c1-4-3-8-7-5(4)2-6/h3H,2,6H2,1H3. The predicted octanol–water partition coefficient (Wildman–Crippen LogP) is 0.442. The van der Waals surface area contributed by atoms with Crippen molar-refractivity contribution in [3.05, 3.63) is 17.5 Å². The van der Waals surface area contributed by atoms with E-state index in [0.717, 1.165) is 11.3 Å². The highest BCUT2D eigenvalue weighted by Gasteiger charge is 1.96. The zero-order valence-corrected chi connectivity index (χ0v) is 4.72. The molecule has 0 unspecified atom stereocenters. The van der Waals surface area contributed by atoms with Crippen LogP contribution in [0.3, 0.4) is 0 Å². The van der Waals surface area contributed by atoms with E-state index in [1.807, 2.05) is 6.92 Å². The molecular weight excluding hydrogens is 104 g/mol. The molecule has 0 aliphatic heterocycles. The summed E-state index contributed by atoms with van der Waals surface area (Å²) in [5.41, 5.74) is 7.13. The summed E-state index contributed by atoms with van der Waals surface area (Å²) < 4.78 is 4.61. The molecule has 1 aromatic rings. The van der Waals surface area contributed by atoms with Crippen molar-refractivity contribution in [1.29, 1.82) is 0 Å². The lowest BCUT2D eigenvalue weighted by Crippen LogP contribution is -1.97. The molecule has 8 heavy (non-hydrogen) atoms. The summed E-state index contributed by atoms with van der Waals surface area (Å²) in [6.45, 7) is 2.38. The molecule has 0 bridgehead atoms. The Bertz CT molecular complexity index is 171. The number of nitrogens with zero attached hydrogens (tertiary/aromatic N) is 1. The van der Waals surface area contributed by atoms with Gasteiger partial charge in [-0.05, 0) is 6.92 Å². The van der Waals surface area contributed by atoms with Crippen LogP contribution in [0, 0.1) is 6.92 Å². The molecule has 0 aromatic carbocycles. The van der Waals surface area contributed by atoms with Gasteiger partial charge in [0, 0.05) is 12.1 Å². The molecule has 0 spiro atoms. The van der Waals surface area contributed by atoms with Crippen LogP contribution < -0.4 is 5.73 Å². The third kappa shape index (κ3) is 0.721. The molecular formula is C5H8N2O. The molecule has 1 rings (SSSR count). The Kier molecular flexibility index (Phi) is 1.30. The van der Waals surface area contributed by atoms with Gasteiger partial charge in [0.25, 0.3) is 0 Å². The Morgan fingerprint density at radius 2 is 2.62 bits per heavy atom. The van der Waals surface area contributed by atoms with Gasteiger partial charge >= 0.3 is 0 Å². The largest absolute Gasteiger partial charge is 0.364 e. The molecule has 0 radical (unpaired) electrons. The molecule has 2 N–H and O–H groups in total. The number of aromatic nitrogens is 1. The molecule has 3 nitrogen and oxygen atoms in total. The molecule has 0 aliphatic carbocycles. The van der Waals surface area contributed by atoms with E-state index in [4.69, 9.17) is 5.73 Å². The third-order valence-electron chi connectivity index (χ3n) is 1.04. The second-order valence-corrected chi connectivity index (χ2v) is 1.65. The molecule has 44 valence electrons. The van der Waals surface area contributed by atoms with Crippen molar-refractivity contribution in [2.45, 2.75) is 13.5 Å². The first-order valence-corrected chi connectivity index (χ1v) is 2.44. The zero-order valence-electron chi connectivity index (χ0n) is 4.72. The molecule has 0 amide bonds. The van der Waals surface area contributed by atoms with Gasteiger partial charge in [0.15, 0.2) is 0 Å². The van der Waals surface area contributed by atoms with Gasteiger partial charge < -0.3 is 10.3 Å². The van der Waals surface area contributed by atoms with Crippen LogP contribution in [0.15, 0.2) is 10.8 Å². The SMILES string of the molecule is Cc1conc1CN. The van der Waals surface area contributed by atoms with Gasteiger partial charge in [0.2, 0.25) is 0 Å². The van der Waals surface area contributed by atoms with Gasteiger partial charge in [-0.2, -0.15) is 0 Å². The first-order valence-electron chi connectivity index (χ1n) is 2.44. The van der Waals surface area contributed by atoms with E-state index in [-0.39, 0.29) is 0 Å². The molecule has 0 fully saturated rings. The van der Waals surface area contributed by atoms with Crippen LogP contribution >= 0.6 is 0 Å². The second kappa shape index (κ2) is 1.96. The molecule has 0 saturated heterocycles. The van der Waals surface area contributed by atoms with Crippen molar-refractivity contribution < 1.29 is 4.52 Å². The van der Waals surface area contributed by atoms with Crippen LogP contribution in [-0.4, -0.2) is 5.16 Å². The van der Waals surface area contributed by atoms with E-state index >= 15 is 0 Å². The van der Waals surface area contributed by atoms with Gasteiger partial charge in [0.05, 0.1) is 5.69 Å². The minimum atomic E-state index is 0.461. The number of hydrogen-bond acceptors (Lipinski definition) is 3. The number of hydrogen-bond donors (Lipinski definition) is 1. The lowest BCUT2D eigenvalue weighted by Gasteiger charge is -1.83. The Balaban J connectivity index is 2.92. The highest BCUT2D eigenvalue weighted by Crippen LogP contribution is 2.01. The van der Waals surface area contributed by atoms with Crippen LogP contribution in [-0.2, 0) is 6.54 Å². The van der Waals surface area contributed by atoms with Gasteiger partial charge in [-0.3, -0.25) is 0 Å². The first kappa shape index (κ1) is 5.31. The average molecular weight is 112 g/mol. The second-order valence-electron chi connectivity index (χ2n) is 1.65. The minimum Gasteiger partial charge on any atom is -0.364 e. The maximum atomic E-state index is 5.27. The van der Waals surface area contributed by atoms with Crippen LogP contribution in [0.5, 0.6) is 0 Å². The van der Waals surface area contributed by atoms with Crippen LogP contribution in [0.4, 0.5) is 0 Å². The summed E-state index contributed by atoms with van der Waals surface area (Å²) in [5, 5.41) is 3.63. The lowest BCUT2D eigenvalue weighted by atomic mass is 10.3. The number of aryl methyl sites for hydroxylation is 1. The molecule has 0 atom stereocenters. The Morgan fingerprint density at radius 1 is 1.88 bits per heavy atom. The highest BCUT2D eigenvalue weighted by molar-refractivity contribution is 5.10. The molecule has 1 heterocycles. The molecule has 1 aromatic heterocycles. The van der Waals surface area contributed by atoms with E-state index in [1.165, 1.54) is 0 Å². The van der Waals surface area contributed by atoms with E-state index in [0.29, 0.717) is 6.54 Å². The van der Waals surface area contributed by atoms with E-state index in [2.05, 4.69) is 9.68 Å². The van der Waals surface area contributed by atoms with Crippen LogP contribution in [0.1, 0.15) is 11.3 Å². The summed E-state index contributed by atoms with van der Waals surface area (Å²) in [4.78, 5) is 0. The number of rotatable bonds is 1. The fourth-order valence-corrected chi connectivity index (χ4v) is 0.507. The fourth-order valence-electron chi connectivity index (χ4n) is 0.507. The molecule has 0 aliphatic rings. The third-order valence-corrected chi connectivity index (χ3v) is 1.04. The van der Waals surface area contributed by atoms with E-state index < -0.39 is 0 Å². The Morgan fingerprint density at radius 3 is 2.88 bits per heavy atom. The van der Waals surface area contributed by atoms with E-state index in [9.17, 15) is 0 Å². The van der Waals surface area contributed by atoms with Crippen LogP contribution in [0.2, 0.25) is 0 Å². The number of nitrogens with two attached hydrogens (primary N) is 1. The van der Waals surface area contributed by atoms with Crippen LogP contribution in [0.25, 0.3) is 0 Å². The minimum absolute atomic E-state index is 0.461. The average Bonchev–Trinajstić information content (AvgIpc) is 2.14. The predicted molar refractivity (Wildman–Crippen MR) is 29.1 cm³/mol. The summed E-state index contributed by atoms with van der Waals surface area (Å²) in [7, 11) is 0. The van der Waals surface area contributed by atoms with Gasteiger partial charge in [-0.25, -0.2) is 0 Å². The fraction of sp³-hybridized carbons (Fsp3) is 0.400. The van der Waals surface area contributed by atoms with Crippen molar-refractivity contribution >= 4 is 0 Å².